The maximum Gasteiger partial charge on any atom is 0.506 e. The van der Waals surface area contributed by atoms with Crippen molar-refractivity contribution in [1.82, 2.24) is 5.32 Å². The van der Waals surface area contributed by atoms with Crippen molar-refractivity contribution in [3.8, 4) is 0 Å². The molecule has 0 aliphatic carbocycles. The van der Waals surface area contributed by atoms with Crippen LogP contribution in [0.3, 0.4) is 0 Å². The van der Waals surface area contributed by atoms with E-state index in [0.29, 0.717) is 5.02 Å². The molecular formula is C15H20ClNO3. The summed E-state index contributed by atoms with van der Waals surface area (Å²) in [6, 6.07) is 7.15. The van der Waals surface area contributed by atoms with E-state index in [0.717, 1.165) is 24.8 Å². The summed E-state index contributed by atoms with van der Waals surface area (Å²) in [5.41, 5.74) is 0.775. The van der Waals surface area contributed by atoms with Gasteiger partial charge in [0.05, 0.1) is 0 Å². The maximum absolute atomic E-state index is 11.0. The van der Waals surface area contributed by atoms with Crippen LogP contribution in [0, 0.1) is 0 Å². The van der Waals surface area contributed by atoms with Crippen LogP contribution in [0.25, 0.3) is 0 Å². The van der Waals surface area contributed by atoms with Gasteiger partial charge in [-0.15, -0.1) is 0 Å². The van der Waals surface area contributed by atoms with Gasteiger partial charge in [0, 0.05) is 16.6 Å². The number of carboxylic acid groups (broad SMARTS) is 1. The Morgan fingerprint density at radius 2 is 2.30 bits per heavy atom. The first-order valence-corrected chi connectivity index (χ1v) is 7.18. The number of nitrogens with one attached hydrogen (secondary N) is 1. The zero-order chi connectivity index (χ0) is 14.8. The van der Waals surface area contributed by atoms with Crippen molar-refractivity contribution < 1.29 is 14.6 Å². The lowest BCUT2D eigenvalue weighted by atomic mass is 9.85. The monoisotopic (exact) mass is 297 g/mol. The second-order valence-electron chi connectivity index (χ2n) is 5.89. The van der Waals surface area contributed by atoms with E-state index in [-0.39, 0.29) is 11.6 Å². The Balaban J connectivity index is 2.25. The van der Waals surface area contributed by atoms with Gasteiger partial charge in [0.1, 0.15) is 6.10 Å². The fraction of sp³-hybridized carbons (Fsp3) is 0.533. The average Bonchev–Trinajstić information content (AvgIpc) is 2.34. The molecule has 110 valence electrons. The summed E-state index contributed by atoms with van der Waals surface area (Å²) in [6.07, 6.45) is 1.20. The van der Waals surface area contributed by atoms with Gasteiger partial charge < -0.3 is 15.2 Å². The molecule has 0 bridgehead atoms. The largest absolute Gasteiger partial charge is 0.506 e. The molecule has 5 heteroatoms. The van der Waals surface area contributed by atoms with Gasteiger partial charge in [-0.1, -0.05) is 23.7 Å². The topological polar surface area (TPSA) is 58.6 Å². The van der Waals surface area contributed by atoms with E-state index in [1.807, 2.05) is 12.1 Å². The van der Waals surface area contributed by atoms with Crippen LogP contribution < -0.4 is 5.32 Å². The van der Waals surface area contributed by atoms with Crippen LogP contribution in [0.15, 0.2) is 24.3 Å². The Morgan fingerprint density at radius 3 is 2.90 bits per heavy atom. The van der Waals surface area contributed by atoms with Gasteiger partial charge >= 0.3 is 6.16 Å². The Morgan fingerprint density at radius 1 is 1.55 bits per heavy atom. The van der Waals surface area contributed by atoms with Crippen LogP contribution in [0.5, 0.6) is 0 Å². The summed E-state index contributed by atoms with van der Waals surface area (Å²) >= 11 is 6.00. The molecule has 0 spiro atoms. The summed E-state index contributed by atoms with van der Waals surface area (Å²) in [4.78, 5) is 11.0. The smallest absolute Gasteiger partial charge is 0.450 e. The Hall–Kier alpha value is -1.26. The third-order valence-corrected chi connectivity index (χ3v) is 3.90. The first kappa shape index (κ1) is 15.1. The Kier molecular flexibility index (Phi) is 4.55. The highest BCUT2D eigenvalue weighted by Crippen LogP contribution is 2.32. The Labute approximate surface area is 124 Å². The molecule has 0 amide bonds. The van der Waals surface area contributed by atoms with Crippen LogP contribution >= 0.6 is 11.6 Å². The van der Waals surface area contributed by atoms with Crippen molar-refractivity contribution >= 4 is 17.8 Å². The summed E-state index contributed by atoms with van der Waals surface area (Å²) in [7, 11) is 0. The minimum atomic E-state index is -1.26. The highest BCUT2D eigenvalue weighted by molar-refractivity contribution is 6.30. The SMILES string of the molecule is CC1(C)CCCC([C@H](OC(=O)O)c2cccc(Cl)c2)N1. The highest BCUT2D eigenvalue weighted by Gasteiger charge is 2.34. The zero-order valence-electron chi connectivity index (χ0n) is 11.7. The van der Waals surface area contributed by atoms with Crippen molar-refractivity contribution in [3.05, 3.63) is 34.9 Å². The van der Waals surface area contributed by atoms with Gasteiger partial charge in [0.25, 0.3) is 0 Å². The van der Waals surface area contributed by atoms with Crippen LogP contribution in [-0.4, -0.2) is 22.8 Å². The minimum Gasteiger partial charge on any atom is -0.450 e. The van der Waals surface area contributed by atoms with Gasteiger partial charge in [-0.3, -0.25) is 0 Å². The van der Waals surface area contributed by atoms with Crippen LogP contribution in [0.4, 0.5) is 4.79 Å². The molecule has 1 aliphatic heterocycles. The van der Waals surface area contributed by atoms with E-state index < -0.39 is 12.3 Å². The highest BCUT2D eigenvalue weighted by atomic mass is 35.5. The lowest BCUT2D eigenvalue weighted by Gasteiger charge is -2.40. The van der Waals surface area contributed by atoms with Crippen LogP contribution in [-0.2, 0) is 4.74 Å². The normalized spacial score (nSPS) is 23.1. The number of hydrogen-bond donors (Lipinski definition) is 2. The number of carbonyl (C=O) groups is 1. The van der Waals surface area contributed by atoms with Crippen molar-refractivity contribution in [3.63, 3.8) is 0 Å². The fourth-order valence-corrected chi connectivity index (χ4v) is 3.01. The Bertz CT molecular complexity index is 490. The van der Waals surface area contributed by atoms with Crippen molar-refractivity contribution in [2.45, 2.75) is 50.8 Å². The first-order chi connectivity index (χ1) is 9.37. The molecule has 2 atom stereocenters. The van der Waals surface area contributed by atoms with Gasteiger partial charge in [0.15, 0.2) is 0 Å². The molecule has 20 heavy (non-hydrogen) atoms. The summed E-state index contributed by atoms with van der Waals surface area (Å²) in [6.45, 7) is 4.24. The van der Waals surface area contributed by atoms with E-state index >= 15 is 0 Å². The number of halogens is 1. The van der Waals surface area contributed by atoms with Gasteiger partial charge in [-0.05, 0) is 50.8 Å². The predicted octanol–water partition coefficient (Wildman–Crippen LogP) is 4.00. The van der Waals surface area contributed by atoms with E-state index in [1.165, 1.54) is 0 Å². The molecule has 2 N–H and O–H groups in total. The van der Waals surface area contributed by atoms with Gasteiger partial charge in [0.2, 0.25) is 0 Å². The lowest BCUT2D eigenvalue weighted by molar-refractivity contribution is 0.0185. The van der Waals surface area contributed by atoms with E-state index in [2.05, 4.69) is 19.2 Å². The number of hydrogen-bond acceptors (Lipinski definition) is 3. The lowest BCUT2D eigenvalue weighted by Crippen LogP contribution is -2.52. The number of benzene rings is 1. The molecule has 0 saturated carbocycles. The number of piperidine rings is 1. The van der Waals surface area contributed by atoms with Crippen molar-refractivity contribution in [2.75, 3.05) is 0 Å². The van der Waals surface area contributed by atoms with Crippen molar-refractivity contribution in [1.29, 1.82) is 0 Å². The van der Waals surface area contributed by atoms with E-state index in [9.17, 15) is 4.79 Å². The molecule has 1 saturated heterocycles. The standard InChI is InChI=1S/C15H20ClNO3/c1-15(2)8-4-7-12(17-15)13(20-14(18)19)10-5-3-6-11(16)9-10/h3,5-6,9,12-13,17H,4,7-8H2,1-2H3,(H,18,19)/t12?,13-/m1/s1. The summed E-state index contributed by atoms with van der Waals surface area (Å²) in [5.74, 6) is 0. The molecule has 1 fully saturated rings. The molecule has 2 rings (SSSR count). The zero-order valence-corrected chi connectivity index (χ0v) is 12.5. The van der Waals surface area contributed by atoms with Crippen molar-refractivity contribution in [2.24, 2.45) is 0 Å². The number of ether oxygens (including phenoxy) is 1. The quantitative estimate of drug-likeness (QED) is 0.828. The summed E-state index contributed by atoms with van der Waals surface area (Å²) in [5, 5.41) is 13.1. The molecular weight excluding hydrogens is 278 g/mol. The minimum absolute atomic E-state index is 0.0123. The van der Waals surface area contributed by atoms with Crippen LogP contribution in [0.1, 0.15) is 44.8 Å². The maximum atomic E-state index is 11.0. The molecule has 1 aliphatic rings. The van der Waals surface area contributed by atoms with E-state index in [4.69, 9.17) is 21.4 Å². The summed E-state index contributed by atoms with van der Waals surface area (Å²) < 4.78 is 5.12. The molecule has 1 aromatic rings. The molecule has 1 aromatic carbocycles. The molecule has 1 unspecified atom stereocenters. The third-order valence-electron chi connectivity index (χ3n) is 3.66. The second-order valence-corrected chi connectivity index (χ2v) is 6.32. The molecule has 0 aromatic heterocycles. The average molecular weight is 298 g/mol. The fourth-order valence-electron chi connectivity index (χ4n) is 2.81. The first-order valence-electron chi connectivity index (χ1n) is 6.80. The van der Waals surface area contributed by atoms with Crippen LogP contribution in [0.2, 0.25) is 5.02 Å². The third kappa shape index (κ3) is 3.87. The van der Waals surface area contributed by atoms with Gasteiger partial charge in [-0.2, -0.15) is 0 Å². The molecule has 4 nitrogen and oxygen atoms in total. The van der Waals surface area contributed by atoms with Gasteiger partial charge in [-0.25, -0.2) is 4.79 Å². The second kappa shape index (κ2) is 6.02. The predicted molar refractivity (Wildman–Crippen MR) is 78.2 cm³/mol. The number of rotatable bonds is 3. The van der Waals surface area contributed by atoms with E-state index in [1.54, 1.807) is 12.1 Å². The molecule has 0 radical (unpaired) electrons. The molecule has 1 heterocycles.